The van der Waals surface area contributed by atoms with E-state index in [0.717, 1.165) is 18.5 Å². The molecule has 98 valence electrons. The van der Waals surface area contributed by atoms with E-state index in [1.165, 1.54) is 10.7 Å². The zero-order chi connectivity index (χ0) is 13.6. The van der Waals surface area contributed by atoms with E-state index in [9.17, 15) is 14.9 Å². The molecular weight excluding hydrogens is 314 g/mol. The minimum absolute atomic E-state index is 0.0966. The third-order valence-electron chi connectivity index (χ3n) is 3.16. The normalized spacial score (nSPS) is 14.6. The van der Waals surface area contributed by atoms with Gasteiger partial charge in [0.15, 0.2) is 0 Å². The number of hydrogen-bond donors (Lipinski definition) is 1. The number of rotatable bonds is 3. The summed E-state index contributed by atoms with van der Waals surface area (Å²) in [5, 5.41) is 14.0. The Hall–Kier alpha value is -1.89. The SMILES string of the molecule is O=c1c(Br)c(C2CC2)[nH]n1-c1ccccc1[N+](=O)[O-]. The zero-order valence-corrected chi connectivity index (χ0v) is 11.4. The number of benzene rings is 1. The Labute approximate surface area is 116 Å². The van der Waals surface area contributed by atoms with Gasteiger partial charge in [0.2, 0.25) is 0 Å². The molecule has 0 radical (unpaired) electrons. The number of hydrogen-bond acceptors (Lipinski definition) is 3. The molecule has 6 nitrogen and oxygen atoms in total. The van der Waals surface area contributed by atoms with Crippen molar-refractivity contribution in [3.63, 3.8) is 0 Å². The lowest BCUT2D eigenvalue weighted by atomic mass is 10.3. The van der Waals surface area contributed by atoms with Crippen LogP contribution in [-0.4, -0.2) is 14.7 Å². The Morgan fingerprint density at radius 3 is 2.68 bits per heavy atom. The molecule has 1 N–H and O–H groups in total. The summed E-state index contributed by atoms with van der Waals surface area (Å²) in [7, 11) is 0. The molecule has 3 rings (SSSR count). The van der Waals surface area contributed by atoms with Gasteiger partial charge in [-0.1, -0.05) is 12.1 Å². The van der Waals surface area contributed by atoms with E-state index >= 15 is 0 Å². The first-order valence-corrected chi connectivity index (χ1v) is 6.63. The van der Waals surface area contributed by atoms with Crippen LogP contribution in [0.1, 0.15) is 24.5 Å². The van der Waals surface area contributed by atoms with Crippen LogP contribution in [0.4, 0.5) is 5.69 Å². The van der Waals surface area contributed by atoms with Gasteiger partial charge in [0, 0.05) is 12.0 Å². The van der Waals surface area contributed by atoms with Crippen molar-refractivity contribution in [2.24, 2.45) is 0 Å². The third kappa shape index (κ3) is 1.99. The molecule has 1 aromatic heterocycles. The molecule has 7 heteroatoms. The highest BCUT2D eigenvalue weighted by molar-refractivity contribution is 9.10. The number of para-hydroxylation sites is 2. The zero-order valence-electron chi connectivity index (χ0n) is 9.80. The second-order valence-electron chi connectivity index (χ2n) is 4.50. The number of aromatic nitrogens is 2. The number of nitro benzene ring substituents is 1. The number of aromatic amines is 1. The first-order chi connectivity index (χ1) is 9.09. The molecule has 0 spiro atoms. The van der Waals surface area contributed by atoms with Crippen LogP contribution < -0.4 is 5.56 Å². The lowest BCUT2D eigenvalue weighted by Crippen LogP contribution is -2.16. The maximum atomic E-state index is 12.2. The Morgan fingerprint density at radius 1 is 1.37 bits per heavy atom. The Kier molecular flexibility index (Phi) is 2.78. The number of nitro groups is 1. The summed E-state index contributed by atoms with van der Waals surface area (Å²) in [6.45, 7) is 0. The van der Waals surface area contributed by atoms with Gasteiger partial charge >= 0.3 is 0 Å². The predicted molar refractivity (Wildman–Crippen MR) is 72.7 cm³/mol. The number of H-pyrrole nitrogens is 1. The summed E-state index contributed by atoms with van der Waals surface area (Å²) in [6, 6.07) is 6.18. The molecule has 1 heterocycles. The molecule has 1 aliphatic rings. The molecule has 0 atom stereocenters. The summed E-state index contributed by atoms with van der Waals surface area (Å²) in [5.74, 6) is 0.353. The summed E-state index contributed by atoms with van der Waals surface area (Å²) in [6.07, 6.45) is 2.07. The predicted octanol–water partition coefficient (Wildman–Crippen LogP) is 2.71. The van der Waals surface area contributed by atoms with E-state index in [1.807, 2.05) is 0 Å². The Balaban J connectivity index is 2.20. The van der Waals surface area contributed by atoms with E-state index in [2.05, 4.69) is 21.0 Å². The molecule has 0 saturated heterocycles. The van der Waals surface area contributed by atoms with Gasteiger partial charge in [-0.3, -0.25) is 20.0 Å². The first-order valence-electron chi connectivity index (χ1n) is 5.84. The number of nitrogens with one attached hydrogen (secondary N) is 1. The van der Waals surface area contributed by atoms with Crippen molar-refractivity contribution in [1.29, 1.82) is 0 Å². The monoisotopic (exact) mass is 323 g/mol. The van der Waals surface area contributed by atoms with Gasteiger partial charge in [0.05, 0.1) is 10.6 Å². The third-order valence-corrected chi connectivity index (χ3v) is 3.93. The molecule has 1 aromatic carbocycles. The quantitative estimate of drug-likeness (QED) is 0.696. The average Bonchev–Trinajstić information content (AvgIpc) is 3.19. The summed E-state index contributed by atoms with van der Waals surface area (Å²) < 4.78 is 1.70. The molecule has 1 aliphatic carbocycles. The maximum absolute atomic E-state index is 12.2. The second-order valence-corrected chi connectivity index (χ2v) is 5.29. The van der Waals surface area contributed by atoms with E-state index in [1.54, 1.807) is 18.2 Å². The Morgan fingerprint density at radius 2 is 2.05 bits per heavy atom. The van der Waals surface area contributed by atoms with Crippen molar-refractivity contribution < 1.29 is 4.92 Å². The van der Waals surface area contributed by atoms with Crippen LogP contribution in [0.25, 0.3) is 5.69 Å². The molecule has 0 aliphatic heterocycles. The van der Waals surface area contributed by atoms with E-state index in [-0.39, 0.29) is 16.9 Å². The van der Waals surface area contributed by atoms with Crippen molar-refractivity contribution in [3.05, 3.63) is 54.9 Å². The van der Waals surface area contributed by atoms with Crippen molar-refractivity contribution in [3.8, 4) is 5.69 Å². The van der Waals surface area contributed by atoms with Crippen molar-refractivity contribution >= 4 is 21.6 Å². The molecular formula is C12H10BrN3O3. The average molecular weight is 324 g/mol. The lowest BCUT2D eigenvalue weighted by molar-refractivity contribution is -0.384. The fourth-order valence-corrected chi connectivity index (χ4v) is 2.64. The molecule has 19 heavy (non-hydrogen) atoms. The molecule has 2 aromatic rings. The van der Waals surface area contributed by atoms with Gasteiger partial charge in [-0.15, -0.1) is 0 Å². The second kappa shape index (κ2) is 4.34. The molecule has 0 bridgehead atoms. The number of nitrogens with zero attached hydrogens (tertiary/aromatic N) is 2. The van der Waals surface area contributed by atoms with Gasteiger partial charge in [-0.2, -0.15) is 0 Å². The minimum Gasteiger partial charge on any atom is -0.293 e. The largest absolute Gasteiger partial charge is 0.294 e. The van der Waals surface area contributed by atoms with E-state index < -0.39 is 4.92 Å². The van der Waals surface area contributed by atoms with Crippen molar-refractivity contribution in [1.82, 2.24) is 9.78 Å². The fraction of sp³-hybridized carbons (Fsp3) is 0.250. The number of halogens is 1. The van der Waals surface area contributed by atoms with Crippen LogP contribution in [-0.2, 0) is 0 Å². The summed E-state index contributed by atoms with van der Waals surface area (Å²) in [5.41, 5.74) is 0.685. The van der Waals surface area contributed by atoms with Crippen LogP contribution in [0.3, 0.4) is 0 Å². The van der Waals surface area contributed by atoms with Crippen LogP contribution >= 0.6 is 15.9 Å². The van der Waals surface area contributed by atoms with E-state index in [0.29, 0.717) is 10.4 Å². The van der Waals surface area contributed by atoms with Crippen LogP contribution in [0.15, 0.2) is 33.5 Å². The summed E-state index contributed by atoms with van der Waals surface area (Å²) >= 11 is 3.27. The summed E-state index contributed by atoms with van der Waals surface area (Å²) in [4.78, 5) is 22.7. The topological polar surface area (TPSA) is 80.9 Å². The van der Waals surface area contributed by atoms with Crippen LogP contribution in [0.2, 0.25) is 0 Å². The molecule has 1 fully saturated rings. The van der Waals surface area contributed by atoms with Crippen LogP contribution in [0, 0.1) is 10.1 Å². The van der Waals surface area contributed by atoms with Gasteiger partial charge in [0.25, 0.3) is 11.2 Å². The standard InChI is InChI=1S/C12H10BrN3O3/c13-10-11(7-5-6-7)14-15(12(10)17)8-3-1-2-4-9(8)16(18)19/h1-4,7,14H,5-6H2. The minimum atomic E-state index is -0.493. The van der Waals surface area contributed by atoms with Gasteiger partial charge in [-0.25, -0.2) is 4.68 Å². The van der Waals surface area contributed by atoms with Gasteiger partial charge in [-0.05, 0) is 34.8 Å². The molecule has 0 unspecified atom stereocenters. The first kappa shape index (κ1) is 12.2. The highest BCUT2D eigenvalue weighted by Crippen LogP contribution is 2.41. The molecule has 1 saturated carbocycles. The fourth-order valence-electron chi connectivity index (χ4n) is 2.05. The highest BCUT2D eigenvalue weighted by atomic mass is 79.9. The lowest BCUT2D eigenvalue weighted by Gasteiger charge is -2.02. The van der Waals surface area contributed by atoms with Crippen molar-refractivity contribution in [2.75, 3.05) is 0 Å². The van der Waals surface area contributed by atoms with Gasteiger partial charge in [0.1, 0.15) is 10.2 Å². The smallest absolute Gasteiger partial charge is 0.293 e. The van der Waals surface area contributed by atoms with Crippen molar-refractivity contribution in [2.45, 2.75) is 18.8 Å². The highest BCUT2D eigenvalue weighted by Gasteiger charge is 2.30. The molecule has 0 amide bonds. The Bertz CT molecular complexity index is 715. The van der Waals surface area contributed by atoms with Gasteiger partial charge < -0.3 is 0 Å². The maximum Gasteiger partial charge on any atom is 0.294 e. The van der Waals surface area contributed by atoms with Crippen LogP contribution in [0.5, 0.6) is 0 Å². The van der Waals surface area contributed by atoms with E-state index in [4.69, 9.17) is 0 Å².